The van der Waals surface area contributed by atoms with E-state index in [9.17, 15) is 13.2 Å². The van der Waals surface area contributed by atoms with Crippen molar-refractivity contribution in [3.8, 4) is 0 Å². The highest BCUT2D eigenvalue weighted by atomic mass is 19.4. The lowest BCUT2D eigenvalue weighted by molar-refractivity contribution is -0.137. The Labute approximate surface area is 114 Å². The van der Waals surface area contributed by atoms with E-state index in [1.54, 1.807) is 25.5 Å². The Balaban J connectivity index is 2.32. The number of halogens is 3. The van der Waals surface area contributed by atoms with Gasteiger partial charge in [-0.1, -0.05) is 6.07 Å². The molecule has 2 N–H and O–H groups in total. The zero-order valence-electron chi connectivity index (χ0n) is 10.9. The smallest absolute Gasteiger partial charge is 0.399 e. The number of alkyl halides is 3. The molecular formula is C14H14F3N3. The molecule has 3 nitrogen and oxygen atoms in total. The third-order valence-electron chi connectivity index (χ3n) is 2.88. The van der Waals surface area contributed by atoms with Gasteiger partial charge in [-0.15, -0.1) is 0 Å². The average molecular weight is 281 g/mol. The predicted molar refractivity (Wildman–Crippen MR) is 72.2 cm³/mol. The normalized spacial score (nSPS) is 11.4. The van der Waals surface area contributed by atoms with Crippen molar-refractivity contribution < 1.29 is 13.2 Å². The molecule has 2 rings (SSSR count). The molecule has 20 heavy (non-hydrogen) atoms. The number of rotatable bonds is 3. The SMILES string of the molecule is CN(Cc1cccnc1)c1ccc(N)cc1C(F)(F)F. The minimum atomic E-state index is -4.44. The van der Waals surface area contributed by atoms with Gasteiger partial charge in [0.1, 0.15) is 0 Å². The van der Waals surface area contributed by atoms with Crippen molar-refractivity contribution in [3.05, 3.63) is 53.9 Å². The molecule has 6 heteroatoms. The van der Waals surface area contributed by atoms with Crippen LogP contribution < -0.4 is 10.6 Å². The van der Waals surface area contributed by atoms with E-state index >= 15 is 0 Å². The maximum absolute atomic E-state index is 13.0. The van der Waals surface area contributed by atoms with Crippen molar-refractivity contribution >= 4 is 11.4 Å². The highest BCUT2D eigenvalue weighted by molar-refractivity contribution is 5.60. The van der Waals surface area contributed by atoms with Crippen LogP contribution in [-0.2, 0) is 12.7 Å². The van der Waals surface area contributed by atoms with Gasteiger partial charge in [0.15, 0.2) is 0 Å². The zero-order valence-corrected chi connectivity index (χ0v) is 10.9. The van der Waals surface area contributed by atoms with Gasteiger partial charge < -0.3 is 10.6 Å². The highest BCUT2D eigenvalue weighted by Crippen LogP contribution is 2.37. The molecule has 0 fully saturated rings. The fraction of sp³-hybridized carbons (Fsp3) is 0.214. The number of nitrogens with zero attached hydrogens (tertiary/aromatic N) is 2. The number of anilines is 2. The summed E-state index contributed by atoms with van der Waals surface area (Å²) in [6, 6.07) is 7.36. The molecule has 2 aromatic rings. The van der Waals surface area contributed by atoms with E-state index < -0.39 is 11.7 Å². The molecule has 0 saturated carbocycles. The Morgan fingerprint density at radius 3 is 2.60 bits per heavy atom. The number of hydrogen-bond donors (Lipinski definition) is 1. The number of nitrogens with two attached hydrogens (primary N) is 1. The molecule has 0 aliphatic carbocycles. The van der Waals surface area contributed by atoms with Crippen molar-refractivity contribution in [1.29, 1.82) is 0 Å². The quantitative estimate of drug-likeness (QED) is 0.878. The molecule has 0 aliphatic rings. The number of pyridine rings is 1. The number of benzene rings is 1. The van der Waals surface area contributed by atoms with Crippen molar-refractivity contribution in [3.63, 3.8) is 0 Å². The van der Waals surface area contributed by atoms with Gasteiger partial charge in [-0.25, -0.2) is 0 Å². The van der Waals surface area contributed by atoms with Crippen molar-refractivity contribution in [1.82, 2.24) is 4.98 Å². The lowest BCUT2D eigenvalue weighted by Crippen LogP contribution is -2.21. The first-order valence-corrected chi connectivity index (χ1v) is 5.94. The lowest BCUT2D eigenvalue weighted by atomic mass is 10.1. The van der Waals surface area contributed by atoms with Gasteiger partial charge in [0, 0.05) is 37.4 Å². The molecule has 0 saturated heterocycles. The molecule has 1 aromatic heterocycles. The van der Waals surface area contributed by atoms with Gasteiger partial charge in [-0.05, 0) is 29.8 Å². The Kier molecular flexibility index (Phi) is 3.83. The molecule has 1 aromatic carbocycles. The summed E-state index contributed by atoms with van der Waals surface area (Å²) >= 11 is 0. The summed E-state index contributed by atoms with van der Waals surface area (Å²) in [5, 5.41) is 0. The first kappa shape index (κ1) is 14.2. The molecule has 1 heterocycles. The van der Waals surface area contributed by atoms with Crippen LogP contribution in [0, 0.1) is 0 Å². The molecule has 0 bridgehead atoms. The van der Waals surface area contributed by atoms with Crippen LogP contribution in [0.5, 0.6) is 0 Å². The van der Waals surface area contributed by atoms with Crippen molar-refractivity contribution in [2.75, 3.05) is 17.7 Å². The van der Waals surface area contributed by atoms with Crippen molar-refractivity contribution in [2.45, 2.75) is 12.7 Å². The molecule has 0 unspecified atom stereocenters. The molecule has 106 valence electrons. The van der Waals surface area contributed by atoms with Crippen LogP contribution in [0.4, 0.5) is 24.5 Å². The molecular weight excluding hydrogens is 267 g/mol. The third kappa shape index (κ3) is 3.20. The van der Waals surface area contributed by atoms with E-state index in [4.69, 9.17) is 5.73 Å². The largest absolute Gasteiger partial charge is 0.418 e. The molecule has 0 amide bonds. The van der Waals surface area contributed by atoms with Crippen LogP contribution in [0.25, 0.3) is 0 Å². The van der Waals surface area contributed by atoms with E-state index in [1.807, 2.05) is 6.07 Å². The Morgan fingerprint density at radius 1 is 1.25 bits per heavy atom. The molecule has 0 radical (unpaired) electrons. The summed E-state index contributed by atoms with van der Waals surface area (Å²) in [5.41, 5.74) is 5.74. The van der Waals surface area contributed by atoms with Gasteiger partial charge in [-0.2, -0.15) is 13.2 Å². The molecule has 0 atom stereocenters. The summed E-state index contributed by atoms with van der Waals surface area (Å²) in [7, 11) is 1.60. The van der Waals surface area contributed by atoms with Crippen LogP contribution in [-0.4, -0.2) is 12.0 Å². The van der Waals surface area contributed by atoms with Gasteiger partial charge in [-0.3, -0.25) is 4.98 Å². The highest BCUT2D eigenvalue weighted by Gasteiger charge is 2.34. The summed E-state index contributed by atoms with van der Waals surface area (Å²) in [5.74, 6) is 0. The number of aromatic nitrogens is 1. The maximum Gasteiger partial charge on any atom is 0.418 e. The van der Waals surface area contributed by atoms with Crippen LogP contribution in [0.2, 0.25) is 0 Å². The topological polar surface area (TPSA) is 42.2 Å². The zero-order chi connectivity index (χ0) is 14.8. The van der Waals surface area contributed by atoms with Crippen molar-refractivity contribution in [2.24, 2.45) is 0 Å². The Hall–Kier alpha value is -2.24. The second-order valence-corrected chi connectivity index (χ2v) is 4.49. The Bertz CT molecular complexity index is 582. The third-order valence-corrected chi connectivity index (χ3v) is 2.88. The second kappa shape index (κ2) is 5.40. The summed E-state index contributed by atoms with van der Waals surface area (Å²) in [6.07, 6.45) is -1.19. The van der Waals surface area contributed by atoms with E-state index in [0.717, 1.165) is 11.6 Å². The van der Waals surface area contributed by atoms with Gasteiger partial charge in [0.25, 0.3) is 0 Å². The fourth-order valence-electron chi connectivity index (χ4n) is 1.96. The van der Waals surface area contributed by atoms with E-state index in [2.05, 4.69) is 4.98 Å². The van der Waals surface area contributed by atoms with E-state index in [-0.39, 0.29) is 11.4 Å². The first-order valence-electron chi connectivity index (χ1n) is 5.94. The monoisotopic (exact) mass is 281 g/mol. The van der Waals surface area contributed by atoms with Crippen LogP contribution in [0.1, 0.15) is 11.1 Å². The lowest BCUT2D eigenvalue weighted by Gasteiger charge is -2.23. The molecule has 0 aliphatic heterocycles. The number of hydrogen-bond acceptors (Lipinski definition) is 3. The van der Waals surface area contributed by atoms with Gasteiger partial charge in [0.2, 0.25) is 0 Å². The van der Waals surface area contributed by atoms with Gasteiger partial charge in [0.05, 0.1) is 5.56 Å². The van der Waals surface area contributed by atoms with Crippen LogP contribution in [0.3, 0.4) is 0 Å². The second-order valence-electron chi connectivity index (χ2n) is 4.49. The number of nitrogen functional groups attached to an aromatic ring is 1. The minimum Gasteiger partial charge on any atom is -0.399 e. The molecule has 0 spiro atoms. The average Bonchev–Trinajstić information content (AvgIpc) is 2.38. The predicted octanol–water partition coefficient (Wildman–Crippen LogP) is 3.32. The minimum absolute atomic E-state index is 0.0931. The van der Waals surface area contributed by atoms with Gasteiger partial charge >= 0.3 is 6.18 Å². The van der Waals surface area contributed by atoms with E-state index in [1.165, 1.54) is 17.0 Å². The van der Waals surface area contributed by atoms with Crippen LogP contribution in [0.15, 0.2) is 42.7 Å². The van der Waals surface area contributed by atoms with E-state index in [0.29, 0.717) is 6.54 Å². The van der Waals surface area contributed by atoms with Crippen LogP contribution >= 0.6 is 0 Å². The summed E-state index contributed by atoms with van der Waals surface area (Å²) in [4.78, 5) is 5.47. The fourth-order valence-corrected chi connectivity index (χ4v) is 1.96. The standard InChI is InChI=1S/C14H14F3N3/c1-20(9-10-3-2-6-19-8-10)13-5-4-11(18)7-12(13)14(15,16)17/h2-8H,9,18H2,1H3. The Morgan fingerprint density at radius 2 is 2.00 bits per heavy atom. The first-order chi connectivity index (χ1) is 9.38. The maximum atomic E-state index is 13.0. The summed E-state index contributed by atoms with van der Waals surface area (Å²) in [6.45, 7) is 0.334. The summed E-state index contributed by atoms with van der Waals surface area (Å²) < 4.78 is 39.1.